The molecule has 0 bridgehead atoms. The van der Waals surface area contributed by atoms with Crippen molar-refractivity contribution in [2.24, 2.45) is 5.84 Å². The number of hydrogen-bond acceptors (Lipinski definition) is 7. The van der Waals surface area contributed by atoms with Gasteiger partial charge in [0.25, 0.3) is 5.69 Å². The zero-order chi connectivity index (χ0) is 13.8. The molecule has 1 fully saturated rings. The highest BCUT2D eigenvalue weighted by Gasteiger charge is 2.18. The van der Waals surface area contributed by atoms with Crippen molar-refractivity contribution >= 4 is 17.3 Å². The molecule has 3 N–H and O–H groups in total. The highest BCUT2D eigenvalue weighted by Crippen LogP contribution is 2.23. The van der Waals surface area contributed by atoms with Gasteiger partial charge in [0.1, 0.15) is 11.6 Å². The number of nitrogens with two attached hydrogens (primary N) is 1. The van der Waals surface area contributed by atoms with Gasteiger partial charge in [0.05, 0.1) is 17.1 Å². The van der Waals surface area contributed by atoms with Crippen LogP contribution in [0.2, 0.25) is 0 Å². The van der Waals surface area contributed by atoms with Crippen LogP contribution in [0.4, 0.5) is 17.3 Å². The smallest absolute Gasteiger partial charge is 0.276 e. The summed E-state index contributed by atoms with van der Waals surface area (Å²) in [5.41, 5.74) is 2.37. The van der Waals surface area contributed by atoms with Crippen LogP contribution in [0.5, 0.6) is 0 Å². The lowest BCUT2D eigenvalue weighted by molar-refractivity contribution is -0.384. The van der Waals surface area contributed by atoms with E-state index in [1.807, 2.05) is 0 Å². The molecule has 0 unspecified atom stereocenters. The number of nitro groups is 1. The molecule has 0 aromatic carbocycles. The minimum absolute atomic E-state index is 0.00412. The van der Waals surface area contributed by atoms with E-state index < -0.39 is 4.92 Å². The second kappa shape index (κ2) is 5.81. The molecule has 2 rings (SSSR count). The highest BCUT2D eigenvalue weighted by atomic mass is 16.6. The van der Waals surface area contributed by atoms with Crippen molar-refractivity contribution in [3.63, 3.8) is 0 Å². The molecule has 1 aliphatic rings. The summed E-state index contributed by atoms with van der Waals surface area (Å²) in [7, 11) is 2.07. The van der Waals surface area contributed by atoms with E-state index in [9.17, 15) is 10.1 Å². The molecule has 0 amide bonds. The van der Waals surface area contributed by atoms with E-state index in [2.05, 4.69) is 27.3 Å². The van der Waals surface area contributed by atoms with Crippen molar-refractivity contribution in [3.8, 4) is 0 Å². The van der Waals surface area contributed by atoms with E-state index in [1.165, 1.54) is 12.1 Å². The monoisotopic (exact) mass is 266 g/mol. The van der Waals surface area contributed by atoms with Gasteiger partial charge in [-0.3, -0.25) is 10.1 Å². The Labute approximate surface area is 111 Å². The lowest BCUT2D eigenvalue weighted by Gasteiger charge is -2.21. The Balaban J connectivity index is 2.27. The van der Waals surface area contributed by atoms with Gasteiger partial charge in [0.2, 0.25) is 0 Å². The Hall–Kier alpha value is -1.93. The standard InChI is InChI=1S/C11H18N6O2/c1-15-3-2-4-16(6-5-15)11-8-9(17(18)19)7-10(13-11)14-12/h7-8H,2-6,12H2,1H3,(H,13,14). The third-order valence-corrected chi connectivity index (χ3v) is 3.20. The maximum Gasteiger partial charge on any atom is 0.276 e. The molecule has 1 aromatic heterocycles. The summed E-state index contributed by atoms with van der Waals surface area (Å²) in [6.45, 7) is 3.57. The average Bonchev–Trinajstić information content (AvgIpc) is 2.63. The lowest BCUT2D eigenvalue weighted by atomic mass is 10.3. The number of likely N-dealkylation sites (N-methyl/N-ethyl adjacent to an activating group) is 1. The Kier molecular flexibility index (Phi) is 4.13. The molecule has 19 heavy (non-hydrogen) atoms. The first-order chi connectivity index (χ1) is 9.10. The minimum atomic E-state index is -0.435. The number of anilines is 2. The maximum atomic E-state index is 10.9. The molecule has 8 nitrogen and oxygen atoms in total. The Morgan fingerprint density at radius 1 is 1.37 bits per heavy atom. The van der Waals surface area contributed by atoms with E-state index in [4.69, 9.17) is 5.84 Å². The molecule has 0 saturated carbocycles. The summed E-state index contributed by atoms with van der Waals surface area (Å²) < 4.78 is 0. The van der Waals surface area contributed by atoms with Crippen LogP contribution in [-0.4, -0.2) is 48.0 Å². The summed E-state index contributed by atoms with van der Waals surface area (Å²) in [5, 5.41) is 10.9. The van der Waals surface area contributed by atoms with Gasteiger partial charge in [0.15, 0.2) is 0 Å². The molecule has 1 aromatic rings. The van der Waals surface area contributed by atoms with Crippen LogP contribution in [0.25, 0.3) is 0 Å². The first kappa shape index (κ1) is 13.5. The number of pyridine rings is 1. The van der Waals surface area contributed by atoms with Gasteiger partial charge < -0.3 is 15.2 Å². The van der Waals surface area contributed by atoms with Crippen LogP contribution in [0.15, 0.2) is 12.1 Å². The first-order valence-electron chi connectivity index (χ1n) is 6.17. The van der Waals surface area contributed by atoms with E-state index in [-0.39, 0.29) is 5.69 Å². The van der Waals surface area contributed by atoms with Gasteiger partial charge in [-0.05, 0) is 20.0 Å². The number of hydrogen-bond donors (Lipinski definition) is 2. The van der Waals surface area contributed by atoms with Gasteiger partial charge in [-0.2, -0.15) is 0 Å². The number of nitrogens with one attached hydrogen (secondary N) is 1. The predicted molar refractivity (Wildman–Crippen MR) is 73.0 cm³/mol. The fourth-order valence-corrected chi connectivity index (χ4v) is 2.12. The third-order valence-electron chi connectivity index (χ3n) is 3.20. The fourth-order valence-electron chi connectivity index (χ4n) is 2.12. The molecule has 8 heteroatoms. The van der Waals surface area contributed by atoms with E-state index in [0.717, 1.165) is 32.6 Å². The third kappa shape index (κ3) is 3.30. The Bertz CT molecular complexity index is 466. The molecule has 0 atom stereocenters. The normalized spacial score (nSPS) is 17.1. The van der Waals surface area contributed by atoms with Crippen LogP contribution in [0.1, 0.15) is 6.42 Å². The number of hydrazine groups is 1. The second-order valence-electron chi connectivity index (χ2n) is 4.61. The van der Waals surface area contributed by atoms with Gasteiger partial charge in [0, 0.05) is 19.6 Å². The molecule has 0 spiro atoms. The number of rotatable bonds is 3. The Morgan fingerprint density at radius 2 is 2.16 bits per heavy atom. The zero-order valence-electron chi connectivity index (χ0n) is 10.9. The van der Waals surface area contributed by atoms with E-state index in [1.54, 1.807) is 0 Å². The Morgan fingerprint density at radius 3 is 2.84 bits per heavy atom. The van der Waals surface area contributed by atoms with Crippen molar-refractivity contribution in [2.45, 2.75) is 6.42 Å². The predicted octanol–water partition coefficient (Wildman–Crippen LogP) is 0.417. The molecule has 104 valence electrons. The molecule has 2 heterocycles. The number of aromatic nitrogens is 1. The molecule has 0 radical (unpaired) electrons. The highest BCUT2D eigenvalue weighted by molar-refractivity contribution is 5.55. The molecular weight excluding hydrogens is 248 g/mol. The van der Waals surface area contributed by atoms with E-state index >= 15 is 0 Å². The topological polar surface area (TPSA) is 101 Å². The second-order valence-corrected chi connectivity index (χ2v) is 4.61. The fraction of sp³-hybridized carbons (Fsp3) is 0.545. The van der Waals surface area contributed by atoms with Gasteiger partial charge >= 0.3 is 0 Å². The lowest BCUT2D eigenvalue weighted by Crippen LogP contribution is -2.29. The largest absolute Gasteiger partial charge is 0.355 e. The number of nitrogens with zero attached hydrogens (tertiary/aromatic N) is 4. The summed E-state index contributed by atoms with van der Waals surface area (Å²) in [4.78, 5) is 19.1. The molecular formula is C11H18N6O2. The summed E-state index contributed by atoms with van der Waals surface area (Å²) in [6, 6.07) is 2.82. The van der Waals surface area contributed by atoms with Gasteiger partial charge in [-0.15, -0.1) is 0 Å². The molecule has 0 aliphatic carbocycles. The van der Waals surface area contributed by atoms with Crippen LogP contribution < -0.4 is 16.2 Å². The first-order valence-corrected chi connectivity index (χ1v) is 6.17. The average molecular weight is 266 g/mol. The summed E-state index contributed by atoms with van der Waals surface area (Å²) in [5.74, 6) is 6.21. The van der Waals surface area contributed by atoms with Crippen LogP contribution in [-0.2, 0) is 0 Å². The van der Waals surface area contributed by atoms with Crippen LogP contribution in [0, 0.1) is 10.1 Å². The van der Waals surface area contributed by atoms with Crippen LogP contribution >= 0.6 is 0 Å². The van der Waals surface area contributed by atoms with Crippen molar-refractivity contribution in [3.05, 3.63) is 22.2 Å². The SMILES string of the molecule is CN1CCCN(c2cc([N+](=O)[O-])cc(NN)n2)CC1. The summed E-state index contributed by atoms with van der Waals surface area (Å²) >= 11 is 0. The van der Waals surface area contributed by atoms with Gasteiger partial charge in [-0.25, -0.2) is 10.8 Å². The van der Waals surface area contributed by atoms with Crippen molar-refractivity contribution in [2.75, 3.05) is 43.6 Å². The van der Waals surface area contributed by atoms with Crippen LogP contribution in [0.3, 0.4) is 0 Å². The quantitative estimate of drug-likeness (QED) is 0.464. The van der Waals surface area contributed by atoms with Crippen molar-refractivity contribution in [1.82, 2.24) is 9.88 Å². The number of nitrogen functional groups attached to an aromatic ring is 1. The van der Waals surface area contributed by atoms with Gasteiger partial charge in [-0.1, -0.05) is 0 Å². The van der Waals surface area contributed by atoms with Crippen molar-refractivity contribution in [1.29, 1.82) is 0 Å². The minimum Gasteiger partial charge on any atom is -0.355 e. The van der Waals surface area contributed by atoms with E-state index in [0.29, 0.717) is 11.6 Å². The maximum absolute atomic E-state index is 10.9. The zero-order valence-corrected chi connectivity index (χ0v) is 10.9. The molecule has 1 saturated heterocycles. The van der Waals surface area contributed by atoms with Crippen molar-refractivity contribution < 1.29 is 4.92 Å². The molecule has 1 aliphatic heterocycles. The summed E-state index contributed by atoms with van der Waals surface area (Å²) in [6.07, 6.45) is 1.01.